The molecule has 6 rings (SSSR count). The first kappa shape index (κ1) is 22.8. The molecule has 182 valence electrons. The third kappa shape index (κ3) is 4.29. The highest BCUT2D eigenvalue weighted by Crippen LogP contribution is 2.44. The Morgan fingerprint density at radius 3 is 2.60 bits per heavy atom. The highest BCUT2D eigenvalue weighted by molar-refractivity contribution is 7.98. The number of hydrogen-bond acceptors (Lipinski definition) is 10. The van der Waals surface area contributed by atoms with E-state index in [2.05, 4.69) is 29.6 Å². The van der Waals surface area contributed by atoms with E-state index in [9.17, 15) is 0 Å². The van der Waals surface area contributed by atoms with Gasteiger partial charge < -0.3 is 14.4 Å². The summed E-state index contributed by atoms with van der Waals surface area (Å²) in [6.45, 7) is 7.97. The first-order valence-electron chi connectivity index (χ1n) is 11.8. The molecule has 0 amide bonds. The lowest BCUT2D eigenvalue weighted by molar-refractivity contribution is -0.0396. The van der Waals surface area contributed by atoms with Gasteiger partial charge in [0, 0.05) is 30.5 Å². The standard InChI is InChI=1S/C25H28N6O2S2/c1-25(2)13-16-17(14-33-25)22(31-9-11-32-12-10-31)28-23-18(16)19-20(35-23)21(27-24(26-19)34-3)30-29-15-7-5-4-6-8-15/h4-8,29H,9-14H2,1-3H3,(H,26,27,30). The van der Waals surface area contributed by atoms with Crippen molar-refractivity contribution in [3.63, 3.8) is 0 Å². The van der Waals surface area contributed by atoms with Crippen LogP contribution in [0.3, 0.4) is 0 Å². The molecule has 2 aliphatic rings. The quantitative estimate of drug-likeness (QED) is 0.218. The molecule has 8 nitrogen and oxygen atoms in total. The number of ether oxygens (including phenoxy) is 2. The van der Waals surface area contributed by atoms with Gasteiger partial charge in [-0.15, -0.1) is 11.3 Å². The van der Waals surface area contributed by atoms with Crippen molar-refractivity contribution in [1.29, 1.82) is 0 Å². The van der Waals surface area contributed by atoms with Crippen molar-refractivity contribution in [1.82, 2.24) is 15.0 Å². The number of pyridine rings is 1. The lowest BCUT2D eigenvalue weighted by atomic mass is 9.90. The van der Waals surface area contributed by atoms with Crippen molar-refractivity contribution in [3.05, 3.63) is 41.5 Å². The number of para-hydroxylation sites is 1. The molecule has 0 spiro atoms. The predicted octanol–water partition coefficient (Wildman–Crippen LogP) is 5.09. The van der Waals surface area contributed by atoms with Crippen LogP contribution in [0.2, 0.25) is 0 Å². The highest BCUT2D eigenvalue weighted by Gasteiger charge is 2.33. The highest BCUT2D eigenvalue weighted by atomic mass is 32.2. The van der Waals surface area contributed by atoms with Crippen LogP contribution in [0.15, 0.2) is 35.5 Å². The van der Waals surface area contributed by atoms with Crippen LogP contribution in [0, 0.1) is 0 Å². The number of nitrogens with one attached hydrogen (secondary N) is 2. The second kappa shape index (κ2) is 9.09. The van der Waals surface area contributed by atoms with Crippen LogP contribution in [0.1, 0.15) is 25.0 Å². The average molecular weight is 509 g/mol. The fourth-order valence-electron chi connectivity index (χ4n) is 4.70. The summed E-state index contributed by atoms with van der Waals surface area (Å²) in [5.41, 5.74) is 10.8. The summed E-state index contributed by atoms with van der Waals surface area (Å²) < 4.78 is 12.9. The van der Waals surface area contributed by atoms with Crippen LogP contribution in [0.4, 0.5) is 17.3 Å². The number of thioether (sulfide) groups is 1. The molecule has 3 aromatic heterocycles. The number of hydrazine groups is 1. The fraction of sp³-hybridized carbons (Fsp3) is 0.400. The van der Waals surface area contributed by atoms with Crippen molar-refractivity contribution in [2.75, 3.05) is 48.3 Å². The van der Waals surface area contributed by atoms with Gasteiger partial charge in [0.25, 0.3) is 0 Å². The monoisotopic (exact) mass is 508 g/mol. The van der Waals surface area contributed by atoms with Crippen molar-refractivity contribution < 1.29 is 9.47 Å². The number of rotatable bonds is 5. The molecule has 0 unspecified atom stereocenters. The summed E-state index contributed by atoms with van der Waals surface area (Å²) in [7, 11) is 0. The Hall–Kier alpha value is -2.66. The summed E-state index contributed by atoms with van der Waals surface area (Å²) in [4.78, 5) is 18.3. The van der Waals surface area contributed by atoms with E-state index < -0.39 is 0 Å². The third-order valence-corrected chi connectivity index (χ3v) is 8.07. The van der Waals surface area contributed by atoms with E-state index in [0.29, 0.717) is 6.61 Å². The first-order chi connectivity index (χ1) is 17.0. The molecule has 1 fully saturated rings. The van der Waals surface area contributed by atoms with Gasteiger partial charge >= 0.3 is 0 Å². The predicted molar refractivity (Wildman–Crippen MR) is 144 cm³/mol. The Bertz CT molecular complexity index is 1390. The smallest absolute Gasteiger partial charge is 0.189 e. The SMILES string of the molecule is CSc1nc(NNc2ccccc2)c2sc3nc(N4CCOCC4)c4c(c3c2n1)CC(C)(C)OC4. The molecule has 0 aliphatic carbocycles. The molecule has 0 bridgehead atoms. The normalized spacial score (nSPS) is 17.5. The Kier molecular flexibility index (Phi) is 5.92. The zero-order valence-electron chi connectivity index (χ0n) is 20.1. The van der Waals surface area contributed by atoms with Gasteiger partial charge in [0.1, 0.15) is 10.6 Å². The summed E-state index contributed by atoms with van der Waals surface area (Å²) >= 11 is 3.19. The molecule has 35 heavy (non-hydrogen) atoms. The molecule has 2 aliphatic heterocycles. The lowest BCUT2D eigenvalue weighted by Crippen LogP contribution is -2.39. The number of benzene rings is 1. The Balaban J connectivity index is 1.54. The average Bonchev–Trinajstić information content (AvgIpc) is 3.26. The summed E-state index contributed by atoms with van der Waals surface area (Å²) in [5, 5.41) is 1.86. The number of fused-ring (bicyclic) bond motifs is 5. The Morgan fingerprint density at radius 1 is 1.03 bits per heavy atom. The van der Waals surface area contributed by atoms with Gasteiger partial charge in [-0.25, -0.2) is 15.0 Å². The first-order valence-corrected chi connectivity index (χ1v) is 13.8. The Labute approximate surface area is 212 Å². The topological polar surface area (TPSA) is 84.4 Å². The Morgan fingerprint density at radius 2 is 1.83 bits per heavy atom. The van der Waals surface area contributed by atoms with Gasteiger partial charge in [-0.3, -0.25) is 10.9 Å². The van der Waals surface area contributed by atoms with E-state index in [0.717, 1.165) is 75.6 Å². The minimum Gasteiger partial charge on any atom is -0.378 e. The number of aromatic nitrogens is 3. The van der Waals surface area contributed by atoms with Crippen molar-refractivity contribution in [2.45, 2.75) is 37.6 Å². The molecule has 2 N–H and O–H groups in total. The van der Waals surface area contributed by atoms with E-state index in [4.69, 9.17) is 24.4 Å². The number of hydrogen-bond donors (Lipinski definition) is 2. The maximum absolute atomic E-state index is 6.26. The van der Waals surface area contributed by atoms with Gasteiger partial charge in [0.15, 0.2) is 11.0 Å². The van der Waals surface area contributed by atoms with Gasteiger partial charge in [-0.05, 0) is 37.8 Å². The van der Waals surface area contributed by atoms with Crippen LogP contribution in [-0.2, 0) is 22.5 Å². The number of thiophene rings is 1. The summed E-state index contributed by atoms with van der Waals surface area (Å²) in [5.74, 6) is 1.78. The van der Waals surface area contributed by atoms with Gasteiger partial charge in [-0.2, -0.15) is 0 Å². The summed E-state index contributed by atoms with van der Waals surface area (Å²) in [6.07, 6.45) is 2.82. The molecule has 5 heterocycles. The van der Waals surface area contributed by atoms with Crippen LogP contribution in [-0.4, -0.2) is 53.1 Å². The van der Waals surface area contributed by atoms with Crippen LogP contribution in [0.5, 0.6) is 0 Å². The molecule has 10 heteroatoms. The fourth-order valence-corrected chi connectivity index (χ4v) is 6.15. The second-order valence-corrected chi connectivity index (χ2v) is 11.1. The zero-order valence-corrected chi connectivity index (χ0v) is 21.7. The minimum absolute atomic E-state index is 0.247. The van der Waals surface area contributed by atoms with E-state index in [1.807, 2.05) is 36.6 Å². The molecule has 0 atom stereocenters. The van der Waals surface area contributed by atoms with E-state index >= 15 is 0 Å². The van der Waals surface area contributed by atoms with Crippen LogP contribution >= 0.6 is 23.1 Å². The molecule has 1 saturated heterocycles. The zero-order chi connectivity index (χ0) is 24.0. The number of anilines is 3. The van der Waals surface area contributed by atoms with Gasteiger partial charge in [0.05, 0.1) is 41.3 Å². The van der Waals surface area contributed by atoms with Crippen LogP contribution in [0.25, 0.3) is 20.4 Å². The molecular formula is C25H28N6O2S2. The van der Waals surface area contributed by atoms with Gasteiger partial charge in [-0.1, -0.05) is 30.0 Å². The maximum Gasteiger partial charge on any atom is 0.189 e. The van der Waals surface area contributed by atoms with Crippen LogP contribution < -0.4 is 15.8 Å². The van der Waals surface area contributed by atoms with E-state index in [1.54, 1.807) is 23.1 Å². The molecule has 1 aromatic carbocycles. The lowest BCUT2D eigenvalue weighted by Gasteiger charge is -2.36. The van der Waals surface area contributed by atoms with Crippen molar-refractivity contribution in [2.24, 2.45) is 0 Å². The van der Waals surface area contributed by atoms with E-state index in [-0.39, 0.29) is 5.60 Å². The van der Waals surface area contributed by atoms with Crippen molar-refractivity contribution in [3.8, 4) is 0 Å². The molecular weight excluding hydrogens is 480 g/mol. The van der Waals surface area contributed by atoms with Gasteiger partial charge in [0.2, 0.25) is 0 Å². The number of nitrogens with zero attached hydrogens (tertiary/aromatic N) is 4. The maximum atomic E-state index is 6.26. The van der Waals surface area contributed by atoms with Crippen molar-refractivity contribution >= 4 is 60.9 Å². The largest absolute Gasteiger partial charge is 0.378 e. The number of morpholine rings is 1. The second-order valence-electron chi connectivity index (χ2n) is 9.35. The van der Waals surface area contributed by atoms with E-state index in [1.165, 1.54) is 11.1 Å². The molecule has 4 aromatic rings. The molecule has 0 saturated carbocycles. The minimum atomic E-state index is -0.247. The summed E-state index contributed by atoms with van der Waals surface area (Å²) in [6, 6.07) is 10.0. The molecule has 0 radical (unpaired) electrons. The third-order valence-electron chi connectivity index (χ3n) is 6.44.